The number of oxime groups is 1. The molecular weight excluding hydrogens is 483 g/mol. The van der Waals surface area contributed by atoms with Gasteiger partial charge in [-0.1, -0.05) is 47.6 Å². The maximum absolute atomic E-state index is 14.6. The first-order valence-electron chi connectivity index (χ1n) is 11.4. The van der Waals surface area contributed by atoms with Crippen molar-refractivity contribution in [3.8, 4) is 11.1 Å². The van der Waals surface area contributed by atoms with Crippen LogP contribution >= 0.6 is 0 Å². The minimum absolute atomic E-state index is 0.0249. The molecule has 37 heavy (non-hydrogen) atoms. The normalized spacial score (nSPS) is 12.3. The molecule has 0 saturated carbocycles. The van der Waals surface area contributed by atoms with Crippen molar-refractivity contribution in [1.82, 2.24) is 0 Å². The number of benzene rings is 3. The highest BCUT2D eigenvalue weighted by Crippen LogP contribution is 2.34. The number of nitrogens with zero attached hydrogens (tertiary/aromatic N) is 1. The Morgan fingerprint density at radius 3 is 2.30 bits per heavy atom. The molecule has 8 heteroatoms. The molecule has 0 atom stereocenters. The number of alkyl halides is 2. The van der Waals surface area contributed by atoms with Crippen LogP contribution in [0.3, 0.4) is 0 Å². The number of carbonyl (C=O) groups is 1. The number of rotatable bonds is 9. The van der Waals surface area contributed by atoms with Gasteiger partial charge in [0.2, 0.25) is 0 Å². The van der Waals surface area contributed by atoms with E-state index >= 15 is 0 Å². The van der Waals surface area contributed by atoms with Crippen LogP contribution in [0, 0.1) is 12.7 Å². The Hall–Kier alpha value is -4.07. The summed E-state index contributed by atoms with van der Waals surface area (Å²) < 4.78 is 52.4. The Morgan fingerprint density at radius 2 is 1.68 bits per heavy atom. The number of ether oxygens (including phenoxy) is 2. The molecule has 0 heterocycles. The van der Waals surface area contributed by atoms with Crippen LogP contribution < -0.4 is 0 Å². The molecule has 0 amide bonds. The van der Waals surface area contributed by atoms with Gasteiger partial charge < -0.3 is 14.3 Å². The standard InChI is InChI=1S/C29H28F3NO4/c1-18-7-6-8-24(26(16-35-4)28(34)36-5)25(18)17-37-33-19(2)23-14-11-21(15-27(23)29(3,31)32)20-9-12-22(30)13-10-20/h6-16H,17H2,1-5H3/b26-16+,33-19+. The summed E-state index contributed by atoms with van der Waals surface area (Å²) in [6.07, 6.45) is 1.29. The Bertz CT molecular complexity index is 1330. The molecule has 5 nitrogen and oxygen atoms in total. The first-order chi connectivity index (χ1) is 17.6. The Labute approximate surface area is 214 Å². The molecule has 0 unspecified atom stereocenters. The maximum Gasteiger partial charge on any atom is 0.341 e. The lowest BCUT2D eigenvalue weighted by molar-refractivity contribution is -0.133. The Kier molecular flexibility index (Phi) is 8.76. The SMILES string of the molecule is CO/C=C(/C(=O)OC)c1cccc(C)c1CO/N=C(\C)c1ccc(-c2ccc(F)cc2)cc1C(C)(F)F. The fraction of sp³-hybridized carbons (Fsp3) is 0.241. The molecule has 0 aliphatic carbocycles. The van der Waals surface area contributed by atoms with E-state index in [4.69, 9.17) is 14.3 Å². The highest BCUT2D eigenvalue weighted by atomic mass is 19.3. The monoisotopic (exact) mass is 511 g/mol. The maximum atomic E-state index is 14.6. The van der Waals surface area contributed by atoms with Crippen molar-refractivity contribution >= 4 is 17.3 Å². The molecule has 0 saturated heterocycles. The zero-order chi connectivity index (χ0) is 27.2. The molecule has 0 spiro atoms. The Balaban J connectivity index is 1.93. The summed E-state index contributed by atoms with van der Waals surface area (Å²) in [4.78, 5) is 17.9. The van der Waals surface area contributed by atoms with Gasteiger partial charge in [0.1, 0.15) is 18.0 Å². The summed E-state index contributed by atoms with van der Waals surface area (Å²) in [5, 5.41) is 4.10. The predicted molar refractivity (Wildman–Crippen MR) is 137 cm³/mol. The van der Waals surface area contributed by atoms with Gasteiger partial charge in [-0.2, -0.15) is 0 Å². The molecule has 0 aromatic heterocycles. The van der Waals surface area contributed by atoms with Crippen LogP contribution in [0.4, 0.5) is 13.2 Å². The van der Waals surface area contributed by atoms with E-state index in [1.807, 2.05) is 13.0 Å². The summed E-state index contributed by atoms with van der Waals surface area (Å²) in [7, 11) is 2.69. The third-order valence-corrected chi connectivity index (χ3v) is 5.81. The van der Waals surface area contributed by atoms with Crippen molar-refractivity contribution in [3.05, 3.63) is 101 Å². The average molecular weight is 512 g/mol. The van der Waals surface area contributed by atoms with Crippen molar-refractivity contribution < 1.29 is 32.3 Å². The van der Waals surface area contributed by atoms with Crippen LogP contribution in [-0.4, -0.2) is 25.9 Å². The second-order valence-electron chi connectivity index (χ2n) is 8.47. The topological polar surface area (TPSA) is 57.1 Å². The van der Waals surface area contributed by atoms with Crippen molar-refractivity contribution in [3.63, 3.8) is 0 Å². The fourth-order valence-corrected chi connectivity index (χ4v) is 3.88. The second kappa shape index (κ2) is 11.8. The van der Waals surface area contributed by atoms with Crippen LogP contribution in [0.5, 0.6) is 0 Å². The molecule has 0 fully saturated rings. The summed E-state index contributed by atoms with van der Waals surface area (Å²) in [5.41, 5.74) is 3.63. The molecular formula is C29H28F3NO4. The minimum atomic E-state index is -3.16. The van der Waals surface area contributed by atoms with Gasteiger partial charge in [-0.25, -0.2) is 18.0 Å². The molecule has 0 aliphatic heterocycles. The van der Waals surface area contributed by atoms with Gasteiger partial charge >= 0.3 is 5.97 Å². The summed E-state index contributed by atoms with van der Waals surface area (Å²) >= 11 is 0. The van der Waals surface area contributed by atoms with Crippen LogP contribution in [0.1, 0.15) is 41.7 Å². The number of carbonyl (C=O) groups excluding carboxylic acids is 1. The van der Waals surface area contributed by atoms with E-state index in [2.05, 4.69) is 5.16 Å². The van der Waals surface area contributed by atoms with Gasteiger partial charge in [0.05, 0.1) is 26.2 Å². The van der Waals surface area contributed by atoms with Crippen LogP contribution in [0.15, 0.2) is 72.1 Å². The highest BCUT2D eigenvalue weighted by Gasteiger charge is 2.29. The molecule has 0 aliphatic rings. The van der Waals surface area contributed by atoms with Gasteiger partial charge in [-0.05, 0) is 54.3 Å². The van der Waals surface area contributed by atoms with Crippen LogP contribution in [0.25, 0.3) is 16.7 Å². The largest absolute Gasteiger partial charge is 0.503 e. The summed E-state index contributed by atoms with van der Waals surface area (Å²) in [6.45, 7) is 4.21. The lowest BCUT2D eigenvalue weighted by atomic mass is 9.94. The van der Waals surface area contributed by atoms with E-state index < -0.39 is 17.7 Å². The molecule has 3 aromatic rings. The number of hydrogen-bond acceptors (Lipinski definition) is 5. The number of aryl methyl sites for hydroxylation is 1. The van der Waals surface area contributed by atoms with Gasteiger partial charge in [-0.15, -0.1) is 0 Å². The second-order valence-corrected chi connectivity index (χ2v) is 8.47. The van der Waals surface area contributed by atoms with Gasteiger partial charge in [0, 0.05) is 23.6 Å². The molecule has 3 rings (SSSR count). The van der Waals surface area contributed by atoms with E-state index in [9.17, 15) is 18.0 Å². The van der Waals surface area contributed by atoms with Crippen molar-refractivity contribution in [2.45, 2.75) is 33.3 Å². The van der Waals surface area contributed by atoms with Crippen molar-refractivity contribution in [1.29, 1.82) is 0 Å². The number of esters is 1. The van der Waals surface area contributed by atoms with Crippen LogP contribution in [0.2, 0.25) is 0 Å². The van der Waals surface area contributed by atoms with Crippen molar-refractivity contribution in [2.75, 3.05) is 14.2 Å². The lowest BCUT2D eigenvalue weighted by Crippen LogP contribution is -2.14. The zero-order valence-corrected chi connectivity index (χ0v) is 21.3. The molecule has 194 valence electrons. The summed E-state index contributed by atoms with van der Waals surface area (Å²) in [5.74, 6) is -4.15. The van der Waals surface area contributed by atoms with E-state index in [0.717, 1.165) is 12.5 Å². The minimum Gasteiger partial charge on any atom is -0.503 e. The smallest absolute Gasteiger partial charge is 0.341 e. The molecule has 3 aromatic carbocycles. The Morgan fingerprint density at radius 1 is 1.00 bits per heavy atom. The molecule has 0 radical (unpaired) electrons. The third-order valence-electron chi connectivity index (χ3n) is 5.81. The first-order valence-corrected chi connectivity index (χ1v) is 11.4. The lowest BCUT2D eigenvalue weighted by Gasteiger charge is -2.18. The third kappa shape index (κ3) is 6.58. The number of halogens is 3. The van der Waals surface area contributed by atoms with E-state index in [1.54, 1.807) is 31.2 Å². The van der Waals surface area contributed by atoms with Crippen LogP contribution in [-0.2, 0) is 31.6 Å². The number of hydrogen-bond donors (Lipinski definition) is 0. The quantitative estimate of drug-likeness (QED) is 0.102. The predicted octanol–water partition coefficient (Wildman–Crippen LogP) is 7.01. The van der Waals surface area contributed by atoms with Crippen molar-refractivity contribution in [2.24, 2.45) is 5.16 Å². The fourth-order valence-electron chi connectivity index (χ4n) is 3.88. The summed E-state index contributed by atoms with van der Waals surface area (Å²) in [6, 6.07) is 15.6. The average Bonchev–Trinajstić information content (AvgIpc) is 2.87. The first kappa shape index (κ1) is 27.5. The van der Waals surface area contributed by atoms with E-state index in [0.29, 0.717) is 22.3 Å². The molecule has 0 bridgehead atoms. The van der Waals surface area contributed by atoms with Gasteiger partial charge in [0.15, 0.2) is 0 Å². The molecule has 0 N–H and O–H groups in total. The van der Waals surface area contributed by atoms with Gasteiger partial charge in [-0.3, -0.25) is 0 Å². The van der Waals surface area contributed by atoms with Gasteiger partial charge in [0.25, 0.3) is 5.92 Å². The number of methoxy groups -OCH3 is 2. The van der Waals surface area contributed by atoms with E-state index in [1.165, 1.54) is 50.8 Å². The van der Waals surface area contributed by atoms with E-state index in [-0.39, 0.29) is 29.0 Å². The zero-order valence-electron chi connectivity index (χ0n) is 21.3. The highest BCUT2D eigenvalue weighted by molar-refractivity contribution is 6.16.